The molecule has 6 nitrogen and oxygen atoms in total. The molecule has 0 aliphatic heterocycles. The summed E-state index contributed by atoms with van der Waals surface area (Å²) in [5.41, 5.74) is 3.83. The molecule has 3 aromatic rings. The molecule has 0 spiro atoms. The highest BCUT2D eigenvalue weighted by molar-refractivity contribution is 5.94. The van der Waals surface area contributed by atoms with Crippen molar-refractivity contribution in [1.82, 2.24) is 15.1 Å². The van der Waals surface area contributed by atoms with Crippen molar-refractivity contribution in [3.05, 3.63) is 59.8 Å². The predicted molar refractivity (Wildman–Crippen MR) is 119 cm³/mol. The molecule has 158 valence electrons. The fourth-order valence-corrected chi connectivity index (χ4v) is 3.09. The molecule has 0 unspecified atom stereocenters. The normalized spacial score (nSPS) is 12.0. The van der Waals surface area contributed by atoms with Crippen molar-refractivity contribution in [2.45, 2.75) is 33.7 Å². The Morgan fingerprint density at radius 3 is 2.43 bits per heavy atom. The number of hydrogen-bond donors (Lipinski definition) is 1. The number of hydrogen-bond acceptors (Lipinski definition) is 4. The minimum atomic E-state index is -0.163. The molecule has 0 saturated carbocycles. The van der Waals surface area contributed by atoms with Gasteiger partial charge in [-0.25, -0.2) is 4.68 Å². The summed E-state index contributed by atoms with van der Waals surface area (Å²) in [6.07, 6.45) is 0. The van der Waals surface area contributed by atoms with Crippen molar-refractivity contribution >= 4 is 5.91 Å². The monoisotopic (exact) mass is 407 g/mol. The van der Waals surface area contributed by atoms with Crippen LogP contribution in [0.25, 0.3) is 16.9 Å². The lowest BCUT2D eigenvalue weighted by Crippen LogP contribution is -2.37. The van der Waals surface area contributed by atoms with Gasteiger partial charge in [-0.05, 0) is 55.7 Å². The van der Waals surface area contributed by atoms with Gasteiger partial charge in [-0.2, -0.15) is 5.10 Å². The van der Waals surface area contributed by atoms with Gasteiger partial charge in [0.05, 0.1) is 25.6 Å². The summed E-state index contributed by atoms with van der Waals surface area (Å²) in [5, 5.41) is 7.85. The molecule has 0 aliphatic carbocycles. The van der Waals surface area contributed by atoms with E-state index in [1.54, 1.807) is 25.0 Å². The average molecular weight is 408 g/mol. The number of benzene rings is 2. The van der Waals surface area contributed by atoms with Crippen LogP contribution < -0.4 is 14.8 Å². The Labute approximate surface area is 177 Å². The van der Waals surface area contributed by atoms with E-state index in [0.29, 0.717) is 28.8 Å². The van der Waals surface area contributed by atoms with Crippen LogP contribution >= 0.6 is 0 Å². The molecule has 30 heavy (non-hydrogen) atoms. The Hall–Kier alpha value is -3.28. The summed E-state index contributed by atoms with van der Waals surface area (Å²) in [5.74, 6) is 1.48. The first kappa shape index (κ1) is 21.4. The first-order valence-electron chi connectivity index (χ1n) is 10.0. The van der Waals surface area contributed by atoms with E-state index in [2.05, 4.69) is 19.2 Å². The molecule has 3 rings (SSSR count). The molecule has 2 aromatic carbocycles. The van der Waals surface area contributed by atoms with Gasteiger partial charge in [0.25, 0.3) is 5.91 Å². The topological polar surface area (TPSA) is 65.4 Å². The molecule has 0 fully saturated rings. The second-order valence-corrected chi connectivity index (χ2v) is 7.74. The molecule has 0 radical (unpaired) electrons. The number of aryl methyl sites for hydroxylation is 1. The zero-order valence-electron chi connectivity index (χ0n) is 18.4. The van der Waals surface area contributed by atoms with E-state index in [1.807, 2.05) is 56.3 Å². The molecule has 0 aliphatic rings. The van der Waals surface area contributed by atoms with Crippen molar-refractivity contribution < 1.29 is 14.3 Å². The van der Waals surface area contributed by atoms with Gasteiger partial charge in [-0.3, -0.25) is 4.79 Å². The highest BCUT2D eigenvalue weighted by Gasteiger charge is 2.21. The zero-order valence-corrected chi connectivity index (χ0v) is 18.4. The van der Waals surface area contributed by atoms with Crippen LogP contribution in [0.2, 0.25) is 0 Å². The van der Waals surface area contributed by atoms with E-state index in [0.717, 1.165) is 16.8 Å². The van der Waals surface area contributed by atoms with Gasteiger partial charge in [0.1, 0.15) is 17.2 Å². The third-order valence-corrected chi connectivity index (χ3v) is 5.23. The van der Waals surface area contributed by atoms with E-state index in [9.17, 15) is 4.79 Å². The van der Waals surface area contributed by atoms with Crippen molar-refractivity contribution in [3.63, 3.8) is 0 Å². The Morgan fingerprint density at radius 1 is 1.03 bits per heavy atom. The number of aromatic nitrogens is 2. The van der Waals surface area contributed by atoms with E-state index < -0.39 is 0 Å². The number of nitrogens with zero attached hydrogens (tertiary/aromatic N) is 2. The van der Waals surface area contributed by atoms with E-state index in [1.165, 1.54) is 0 Å². The summed E-state index contributed by atoms with van der Waals surface area (Å²) in [7, 11) is 3.22. The number of amides is 1. The number of methoxy groups -OCH3 is 2. The maximum absolute atomic E-state index is 13.1. The summed E-state index contributed by atoms with van der Waals surface area (Å²) < 4.78 is 12.5. The van der Waals surface area contributed by atoms with E-state index in [4.69, 9.17) is 14.6 Å². The smallest absolute Gasteiger partial charge is 0.270 e. The molecule has 1 heterocycles. The quantitative estimate of drug-likeness (QED) is 0.620. The third-order valence-electron chi connectivity index (χ3n) is 5.23. The summed E-state index contributed by atoms with van der Waals surface area (Å²) in [4.78, 5) is 13.1. The lowest BCUT2D eigenvalue weighted by molar-refractivity contribution is 0.0922. The third kappa shape index (κ3) is 4.48. The van der Waals surface area contributed by atoms with Gasteiger partial charge in [0.15, 0.2) is 0 Å². The highest BCUT2D eigenvalue weighted by atomic mass is 16.5. The van der Waals surface area contributed by atoms with Crippen molar-refractivity contribution in [2.75, 3.05) is 14.2 Å². The van der Waals surface area contributed by atoms with Crippen LogP contribution in [0.5, 0.6) is 11.5 Å². The first-order valence-corrected chi connectivity index (χ1v) is 10.0. The van der Waals surface area contributed by atoms with Crippen LogP contribution in [0.1, 0.15) is 36.8 Å². The van der Waals surface area contributed by atoms with Crippen LogP contribution in [0, 0.1) is 12.8 Å². The van der Waals surface area contributed by atoms with Gasteiger partial charge in [-0.1, -0.05) is 26.0 Å². The standard InChI is InChI=1S/C24H29N3O3/c1-15(2)17(4)25-24(28)22-14-21(20-11-10-19(29-5)13-23(20)30-6)26-27(22)18-9-7-8-16(3)12-18/h7-15,17H,1-6H3,(H,25,28)/t17-/m0/s1. The van der Waals surface area contributed by atoms with Crippen LogP contribution in [0.4, 0.5) is 0 Å². The Balaban J connectivity index is 2.12. The van der Waals surface area contributed by atoms with Gasteiger partial charge in [0.2, 0.25) is 0 Å². The van der Waals surface area contributed by atoms with Gasteiger partial charge in [0, 0.05) is 17.7 Å². The maximum Gasteiger partial charge on any atom is 0.270 e. The lowest BCUT2D eigenvalue weighted by atomic mass is 10.1. The second kappa shape index (κ2) is 9.03. The molecular formula is C24H29N3O3. The van der Waals surface area contributed by atoms with E-state index in [-0.39, 0.29) is 11.9 Å². The molecule has 1 N–H and O–H groups in total. The molecule has 0 bridgehead atoms. The number of rotatable bonds is 7. The predicted octanol–water partition coefficient (Wildman–Crippen LogP) is 4.64. The Morgan fingerprint density at radius 2 is 1.80 bits per heavy atom. The fraction of sp³-hybridized carbons (Fsp3) is 0.333. The van der Waals surface area contributed by atoms with Crippen molar-refractivity contribution in [3.8, 4) is 28.4 Å². The Kier molecular flexibility index (Phi) is 6.45. The van der Waals surface area contributed by atoms with Gasteiger partial charge < -0.3 is 14.8 Å². The number of nitrogens with one attached hydrogen (secondary N) is 1. The average Bonchev–Trinajstić information content (AvgIpc) is 3.18. The summed E-state index contributed by atoms with van der Waals surface area (Å²) in [6.45, 7) is 8.18. The molecule has 1 atom stereocenters. The fourth-order valence-electron chi connectivity index (χ4n) is 3.09. The van der Waals surface area contributed by atoms with E-state index >= 15 is 0 Å². The van der Waals surface area contributed by atoms with Gasteiger partial charge in [-0.15, -0.1) is 0 Å². The van der Waals surface area contributed by atoms with Crippen molar-refractivity contribution in [2.24, 2.45) is 5.92 Å². The first-order chi connectivity index (χ1) is 14.3. The minimum Gasteiger partial charge on any atom is -0.497 e. The largest absolute Gasteiger partial charge is 0.497 e. The molecule has 6 heteroatoms. The highest BCUT2D eigenvalue weighted by Crippen LogP contribution is 2.33. The molecule has 0 saturated heterocycles. The summed E-state index contributed by atoms with van der Waals surface area (Å²) in [6, 6.07) is 15.3. The van der Waals surface area contributed by atoms with Crippen molar-refractivity contribution in [1.29, 1.82) is 0 Å². The Bertz CT molecular complexity index is 1040. The van der Waals surface area contributed by atoms with Gasteiger partial charge >= 0.3 is 0 Å². The molecule has 1 aromatic heterocycles. The number of ether oxygens (including phenoxy) is 2. The molecular weight excluding hydrogens is 378 g/mol. The van der Waals surface area contributed by atoms with Crippen LogP contribution in [-0.4, -0.2) is 35.9 Å². The second-order valence-electron chi connectivity index (χ2n) is 7.74. The van der Waals surface area contributed by atoms with Crippen LogP contribution in [0.3, 0.4) is 0 Å². The lowest BCUT2D eigenvalue weighted by Gasteiger charge is -2.17. The number of carbonyl (C=O) groups excluding carboxylic acids is 1. The summed E-state index contributed by atoms with van der Waals surface area (Å²) >= 11 is 0. The zero-order chi connectivity index (χ0) is 21.8. The SMILES string of the molecule is COc1ccc(-c2cc(C(=O)N[C@@H](C)C(C)C)n(-c3cccc(C)c3)n2)c(OC)c1. The van der Waals surface area contributed by atoms with Crippen LogP contribution in [0.15, 0.2) is 48.5 Å². The number of carbonyl (C=O) groups is 1. The van der Waals surface area contributed by atoms with Crippen LogP contribution in [-0.2, 0) is 0 Å². The minimum absolute atomic E-state index is 0.0392. The maximum atomic E-state index is 13.1. The molecule has 1 amide bonds.